The van der Waals surface area contributed by atoms with Gasteiger partial charge in [-0.1, -0.05) is 12.2 Å². The molecule has 0 fully saturated rings. The van der Waals surface area contributed by atoms with Crippen molar-refractivity contribution in [2.45, 2.75) is 32.4 Å². The van der Waals surface area contributed by atoms with Crippen LogP contribution >= 0.6 is 11.8 Å². The molecule has 0 heterocycles. The number of amides is 1. The van der Waals surface area contributed by atoms with E-state index in [1.807, 2.05) is 0 Å². The van der Waals surface area contributed by atoms with Crippen molar-refractivity contribution in [3.05, 3.63) is 12.2 Å². The highest BCUT2D eigenvalue weighted by atomic mass is 32.2. The van der Waals surface area contributed by atoms with Gasteiger partial charge in [0.2, 0.25) is 0 Å². The number of aliphatic hydroxyl groups is 1. The topological polar surface area (TPSA) is 84.9 Å². The third-order valence-corrected chi connectivity index (χ3v) is 2.94. The van der Waals surface area contributed by atoms with E-state index in [9.17, 15) is 9.59 Å². The van der Waals surface area contributed by atoms with Gasteiger partial charge in [-0.05, 0) is 20.8 Å². The van der Waals surface area contributed by atoms with Crippen molar-refractivity contribution in [1.29, 1.82) is 0 Å². The van der Waals surface area contributed by atoms with Crippen LogP contribution in [0.4, 0.5) is 4.79 Å². The van der Waals surface area contributed by atoms with E-state index in [1.54, 1.807) is 32.9 Å². The van der Waals surface area contributed by atoms with Crippen LogP contribution in [0.3, 0.4) is 0 Å². The Hall–Kier alpha value is -1.21. The van der Waals surface area contributed by atoms with Crippen molar-refractivity contribution in [3.8, 4) is 0 Å². The van der Waals surface area contributed by atoms with Crippen LogP contribution < -0.4 is 5.32 Å². The fraction of sp³-hybridized carbons (Fsp3) is 0.692. The molecule has 0 unspecified atom stereocenters. The van der Waals surface area contributed by atoms with Gasteiger partial charge in [-0.15, -0.1) is 0 Å². The van der Waals surface area contributed by atoms with Crippen molar-refractivity contribution in [3.63, 3.8) is 0 Å². The van der Waals surface area contributed by atoms with Crippen LogP contribution in [0.5, 0.6) is 0 Å². The van der Waals surface area contributed by atoms with E-state index in [4.69, 9.17) is 9.84 Å². The predicted molar refractivity (Wildman–Crippen MR) is 78.7 cm³/mol. The second-order valence-electron chi connectivity index (χ2n) is 4.91. The van der Waals surface area contributed by atoms with Gasteiger partial charge in [-0.25, -0.2) is 9.59 Å². The van der Waals surface area contributed by atoms with Crippen molar-refractivity contribution in [2.24, 2.45) is 0 Å². The third-order valence-electron chi connectivity index (χ3n) is 1.95. The molecule has 0 aromatic carbocycles. The first kappa shape index (κ1) is 18.8. The average Bonchev–Trinajstić information content (AvgIpc) is 2.34. The lowest BCUT2D eigenvalue weighted by molar-refractivity contribution is -0.142. The molecule has 0 aromatic heterocycles. The molecule has 7 heteroatoms. The zero-order valence-corrected chi connectivity index (χ0v) is 13.2. The third kappa shape index (κ3) is 9.69. The number of nitrogens with one attached hydrogen (secondary N) is 1. The molecule has 116 valence electrons. The summed E-state index contributed by atoms with van der Waals surface area (Å²) in [6, 6.07) is -0.762. The summed E-state index contributed by atoms with van der Waals surface area (Å²) in [5, 5.41) is 11.1. The van der Waals surface area contributed by atoms with Gasteiger partial charge in [0.1, 0.15) is 11.6 Å². The molecule has 0 radical (unpaired) electrons. The molecular weight excluding hydrogens is 282 g/mol. The van der Waals surface area contributed by atoms with Crippen LogP contribution in [0.25, 0.3) is 0 Å². The second-order valence-corrected chi connectivity index (χ2v) is 5.99. The molecule has 1 atom stereocenters. The van der Waals surface area contributed by atoms with E-state index in [2.05, 4.69) is 10.1 Å². The Bertz CT molecular complexity index is 338. The van der Waals surface area contributed by atoms with Gasteiger partial charge in [0.15, 0.2) is 0 Å². The summed E-state index contributed by atoms with van der Waals surface area (Å²) in [7, 11) is 1.27. The number of hydrogen-bond donors (Lipinski definition) is 2. The second kappa shape index (κ2) is 9.66. The van der Waals surface area contributed by atoms with Gasteiger partial charge in [0, 0.05) is 11.5 Å². The lowest BCUT2D eigenvalue weighted by atomic mass is 10.2. The summed E-state index contributed by atoms with van der Waals surface area (Å²) >= 11 is 1.44. The zero-order chi connectivity index (χ0) is 15.6. The summed E-state index contributed by atoms with van der Waals surface area (Å²) in [4.78, 5) is 23.2. The fourth-order valence-corrected chi connectivity index (χ4v) is 2.02. The van der Waals surface area contributed by atoms with Crippen LogP contribution in [0.15, 0.2) is 12.2 Å². The molecule has 0 spiro atoms. The minimum absolute atomic E-state index is 0.0167. The number of thioether (sulfide) groups is 1. The number of alkyl carbamates (subject to hydrolysis) is 1. The molecule has 0 aliphatic heterocycles. The quantitative estimate of drug-likeness (QED) is 0.419. The van der Waals surface area contributed by atoms with E-state index in [0.29, 0.717) is 11.5 Å². The van der Waals surface area contributed by atoms with E-state index in [0.717, 1.165) is 0 Å². The molecule has 0 aliphatic rings. The molecule has 0 aliphatic carbocycles. The summed E-state index contributed by atoms with van der Waals surface area (Å²) < 4.78 is 9.73. The molecule has 0 rings (SSSR count). The number of hydrogen-bond acceptors (Lipinski definition) is 6. The van der Waals surface area contributed by atoms with Gasteiger partial charge >= 0.3 is 12.1 Å². The van der Waals surface area contributed by atoms with Crippen molar-refractivity contribution in [2.75, 3.05) is 25.2 Å². The van der Waals surface area contributed by atoms with Crippen LogP contribution in [-0.2, 0) is 14.3 Å². The molecule has 6 nitrogen and oxygen atoms in total. The van der Waals surface area contributed by atoms with Crippen molar-refractivity contribution >= 4 is 23.8 Å². The van der Waals surface area contributed by atoms with Crippen molar-refractivity contribution < 1.29 is 24.2 Å². The minimum atomic E-state index is -0.762. The maximum Gasteiger partial charge on any atom is 0.408 e. The Balaban J connectivity index is 4.32. The largest absolute Gasteiger partial charge is 0.467 e. The maximum atomic E-state index is 11.6. The first-order chi connectivity index (χ1) is 9.30. The van der Waals surface area contributed by atoms with E-state index < -0.39 is 23.7 Å². The number of esters is 1. The van der Waals surface area contributed by atoms with E-state index in [1.165, 1.54) is 18.9 Å². The number of aliphatic hydroxyl groups excluding tert-OH is 1. The summed E-state index contributed by atoms with van der Waals surface area (Å²) in [5.74, 6) is 0.473. The summed E-state index contributed by atoms with van der Waals surface area (Å²) in [5.41, 5.74) is -0.623. The highest BCUT2D eigenvalue weighted by Crippen LogP contribution is 2.09. The molecular formula is C13H23NO5S. The van der Waals surface area contributed by atoms with Gasteiger partial charge in [0.25, 0.3) is 0 Å². The van der Waals surface area contributed by atoms with Crippen molar-refractivity contribution in [1.82, 2.24) is 5.32 Å². The predicted octanol–water partition coefficient (Wildman–Crippen LogP) is 1.33. The number of ether oxygens (including phenoxy) is 2. The SMILES string of the molecule is COC(=O)[C@H](CSCC=CCO)NC(=O)OC(C)(C)C. The first-order valence-corrected chi connectivity index (χ1v) is 7.36. The van der Waals surface area contributed by atoms with Crippen LogP contribution in [0, 0.1) is 0 Å². The zero-order valence-electron chi connectivity index (χ0n) is 12.3. The molecule has 20 heavy (non-hydrogen) atoms. The minimum Gasteiger partial charge on any atom is -0.467 e. The molecule has 2 N–H and O–H groups in total. The van der Waals surface area contributed by atoms with E-state index in [-0.39, 0.29) is 6.61 Å². The average molecular weight is 305 g/mol. The number of methoxy groups -OCH3 is 1. The number of rotatable bonds is 7. The molecule has 1 amide bonds. The number of carbonyl (C=O) groups excluding carboxylic acids is 2. The van der Waals surface area contributed by atoms with Crippen LogP contribution in [0.2, 0.25) is 0 Å². The Labute approximate surface area is 123 Å². The first-order valence-electron chi connectivity index (χ1n) is 6.21. The monoisotopic (exact) mass is 305 g/mol. The lowest BCUT2D eigenvalue weighted by Crippen LogP contribution is -2.45. The molecule has 0 aromatic rings. The van der Waals surface area contributed by atoms with Gasteiger partial charge in [-0.3, -0.25) is 0 Å². The Kier molecular flexibility index (Phi) is 9.07. The van der Waals surface area contributed by atoms with Gasteiger partial charge in [-0.2, -0.15) is 11.8 Å². The van der Waals surface area contributed by atoms with Crippen LogP contribution in [-0.4, -0.2) is 54.0 Å². The highest BCUT2D eigenvalue weighted by Gasteiger charge is 2.24. The number of carbonyl (C=O) groups is 2. The lowest BCUT2D eigenvalue weighted by Gasteiger charge is -2.22. The summed E-state index contributed by atoms with van der Waals surface area (Å²) in [6.45, 7) is 5.22. The van der Waals surface area contributed by atoms with Gasteiger partial charge in [0.05, 0.1) is 13.7 Å². The van der Waals surface area contributed by atoms with Crippen LogP contribution in [0.1, 0.15) is 20.8 Å². The Morgan fingerprint density at radius 3 is 2.50 bits per heavy atom. The fourth-order valence-electron chi connectivity index (χ4n) is 1.16. The van der Waals surface area contributed by atoms with Gasteiger partial charge < -0.3 is 19.9 Å². The molecule has 0 saturated carbocycles. The maximum absolute atomic E-state index is 11.6. The normalized spacial score (nSPS) is 13.1. The van der Waals surface area contributed by atoms with E-state index >= 15 is 0 Å². The standard InChI is InChI=1S/C13H23NO5S/c1-13(2,3)19-12(17)14-10(11(16)18-4)9-20-8-6-5-7-15/h5-6,10,15H,7-9H2,1-4H3,(H,14,17)/t10-/m0/s1. The Morgan fingerprint density at radius 2 is 2.00 bits per heavy atom. The smallest absolute Gasteiger partial charge is 0.408 e. The molecule has 0 bridgehead atoms. The summed E-state index contributed by atoms with van der Waals surface area (Å²) in [6.07, 6.45) is 2.74. The highest BCUT2D eigenvalue weighted by molar-refractivity contribution is 7.99. The molecule has 0 saturated heterocycles. The Morgan fingerprint density at radius 1 is 1.35 bits per heavy atom.